The molecule has 0 fully saturated rings. The normalized spacial score (nSPS) is 10.5. The average Bonchev–Trinajstić information content (AvgIpc) is 2.56. The molecule has 0 aliphatic carbocycles. The number of aryl methyl sites for hydroxylation is 2. The molecule has 0 aliphatic rings. The van der Waals surface area contributed by atoms with Gasteiger partial charge in [-0.1, -0.05) is 5.10 Å². The third-order valence-corrected chi connectivity index (χ3v) is 1.88. The van der Waals surface area contributed by atoms with Crippen LogP contribution in [0.5, 0.6) is 0 Å². The van der Waals surface area contributed by atoms with E-state index < -0.39 is 0 Å². The van der Waals surface area contributed by atoms with Gasteiger partial charge in [0.25, 0.3) is 5.89 Å². The fourth-order valence-corrected chi connectivity index (χ4v) is 1.19. The molecule has 72 valence electrons. The summed E-state index contributed by atoms with van der Waals surface area (Å²) in [6.07, 6.45) is 0. The number of nitrogens with zero attached hydrogens (tertiary/aromatic N) is 4. The quantitative estimate of drug-likeness (QED) is 0.718. The lowest BCUT2D eigenvalue weighted by Crippen LogP contribution is -1.93. The van der Waals surface area contributed by atoms with Crippen molar-refractivity contribution >= 4 is 11.6 Å². The first-order valence-electron chi connectivity index (χ1n) is 3.97. The Morgan fingerprint density at radius 3 is 2.57 bits per heavy atom. The lowest BCUT2D eigenvalue weighted by atomic mass is 10.2. The lowest BCUT2D eigenvalue weighted by molar-refractivity contribution is 0.569. The van der Waals surface area contributed by atoms with Crippen LogP contribution in [0.4, 0.5) is 0 Å². The van der Waals surface area contributed by atoms with Crippen molar-refractivity contribution in [2.45, 2.75) is 13.8 Å². The molecule has 2 aromatic heterocycles. The zero-order valence-electron chi connectivity index (χ0n) is 7.65. The van der Waals surface area contributed by atoms with Crippen LogP contribution in [0.1, 0.15) is 11.4 Å². The SMILES string of the molecule is Cc1cc(-c2nnc(Cl)o2)c(C)nn1. The molecule has 0 amide bonds. The molecule has 0 atom stereocenters. The Bertz CT molecular complexity index is 468. The Balaban J connectivity index is 2.55. The van der Waals surface area contributed by atoms with Crippen molar-refractivity contribution in [2.24, 2.45) is 0 Å². The maximum absolute atomic E-state index is 5.53. The minimum absolute atomic E-state index is 0.0221. The van der Waals surface area contributed by atoms with Crippen LogP contribution < -0.4 is 0 Å². The van der Waals surface area contributed by atoms with Crippen molar-refractivity contribution in [3.63, 3.8) is 0 Å². The van der Waals surface area contributed by atoms with Gasteiger partial charge in [0, 0.05) is 0 Å². The van der Waals surface area contributed by atoms with Gasteiger partial charge in [0.1, 0.15) is 0 Å². The van der Waals surface area contributed by atoms with Crippen LogP contribution >= 0.6 is 11.6 Å². The predicted molar refractivity (Wildman–Crippen MR) is 49.8 cm³/mol. The predicted octanol–water partition coefficient (Wildman–Crippen LogP) is 1.80. The van der Waals surface area contributed by atoms with E-state index in [4.69, 9.17) is 16.0 Å². The van der Waals surface area contributed by atoms with Crippen molar-refractivity contribution in [3.05, 3.63) is 22.8 Å². The summed E-state index contributed by atoms with van der Waals surface area (Å²) in [5.74, 6) is 0.366. The van der Waals surface area contributed by atoms with E-state index in [1.807, 2.05) is 19.9 Å². The Kier molecular flexibility index (Phi) is 2.17. The number of hydrogen-bond acceptors (Lipinski definition) is 5. The molecule has 2 rings (SSSR count). The standard InChI is InChI=1S/C8H7ClN4O/c1-4-3-6(5(2)11-10-4)7-12-13-8(9)14-7/h3H,1-2H3. The third kappa shape index (κ3) is 1.58. The fraction of sp³-hybridized carbons (Fsp3) is 0.250. The van der Waals surface area contributed by atoms with Crippen molar-refractivity contribution < 1.29 is 4.42 Å². The van der Waals surface area contributed by atoms with E-state index in [9.17, 15) is 0 Å². The van der Waals surface area contributed by atoms with Crippen LogP contribution in [0.25, 0.3) is 11.5 Å². The Hall–Kier alpha value is -1.49. The molecule has 0 saturated heterocycles. The summed E-state index contributed by atoms with van der Waals surface area (Å²) < 4.78 is 5.08. The van der Waals surface area contributed by atoms with Gasteiger partial charge in [-0.25, -0.2) is 0 Å². The molecule has 0 radical (unpaired) electrons. The van der Waals surface area contributed by atoms with E-state index in [0.29, 0.717) is 5.89 Å². The molecule has 0 N–H and O–H groups in total. The molecule has 0 bridgehead atoms. The minimum atomic E-state index is 0.0221. The molecule has 0 aliphatic heterocycles. The number of halogens is 1. The minimum Gasteiger partial charge on any atom is -0.407 e. The molecule has 0 unspecified atom stereocenters. The smallest absolute Gasteiger partial charge is 0.313 e. The van der Waals surface area contributed by atoms with Gasteiger partial charge in [-0.2, -0.15) is 10.2 Å². The van der Waals surface area contributed by atoms with Crippen LogP contribution in [-0.4, -0.2) is 20.4 Å². The Morgan fingerprint density at radius 2 is 1.93 bits per heavy atom. The van der Waals surface area contributed by atoms with Crippen molar-refractivity contribution in [2.75, 3.05) is 0 Å². The van der Waals surface area contributed by atoms with Crippen LogP contribution in [0.3, 0.4) is 0 Å². The second-order valence-corrected chi connectivity index (χ2v) is 3.17. The van der Waals surface area contributed by atoms with E-state index in [1.165, 1.54) is 0 Å². The number of hydrogen-bond donors (Lipinski definition) is 0. The molecule has 0 saturated carbocycles. The zero-order chi connectivity index (χ0) is 10.1. The maximum atomic E-state index is 5.53. The summed E-state index contributed by atoms with van der Waals surface area (Å²) in [5.41, 5.74) is 2.28. The van der Waals surface area contributed by atoms with E-state index in [0.717, 1.165) is 17.0 Å². The largest absolute Gasteiger partial charge is 0.407 e. The van der Waals surface area contributed by atoms with E-state index in [-0.39, 0.29) is 5.35 Å². The third-order valence-electron chi connectivity index (χ3n) is 1.73. The summed E-state index contributed by atoms with van der Waals surface area (Å²) in [7, 11) is 0. The van der Waals surface area contributed by atoms with Gasteiger partial charge in [0.2, 0.25) is 0 Å². The van der Waals surface area contributed by atoms with Crippen molar-refractivity contribution in [1.82, 2.24) is 20.4 Å². The summed E-state index contributed by atoms with van der Waals surface area (Å²) >= 11 is 5.53. The van der Waals surface area contributed by atoms with E-state index >= 15 is 0 Å². The van der Waals surface area contributed by atoms with Gasteiger partial charge in [-0.15, -0.1) is 5.10 Å². The number of aromatic nitrogens is 4. The van der Waals surface area contributed by atoms with Crippen LogP contribution in [-0.2, 0) is 0 Å². The molecule has 0 spiro atoms. The van der Waals surface area contributed by atoms with Gasteiger partial charge >= 0.3 is 5.35 Å². The molecular formula is C8H7ClN4O. The maximum Gasteiger partial charge on any atom is 0.313 e. The molecular weight excluding hydrogens is 204 g/mol. The monoisotopic (exact) mass is 210 g/mol. The summed E-state index contributed by atoms with van der Waals surface area (Å²) in [6.45, 7) is 3.66. The molecule has 2 heterocycles. The van der Waals surface area contributed by atoms with E-state index in [2.05, 4.69) is 20.4 Å². The highest BCUT2D eigenvalue weighted by molar-refractivity contribution is 6.27. The topological polar surface area (TPSA) is 64.7 Å². The highest BCUT2D eigenvalue weighted by atomic mass is 35.5. The first-order valence-corrected chi connectivity index (χ1v) is 4.35. The highest BCUT2D eigenvalue weighted by Crippen LogP contribution is 2.21. The fourth-order valence-electron chi connectivity index (χ4n) is 1.08. The van der Waals surface area contributed by atoms with Crippen LogP contribution in [0.15, 0.2) is 10.5 Å². The van der Waals surface area contributed by atoms with Gasteiger partial charge in [0.15, 0.2) is 0 Å². The molecule has 6 heteroatoms. The van der Waals surface area contributed by atoms with Crippen molar-refractivity contribution in [1.29, 1.82) is 0 Å². The molecule has 14 heavy (non-hydrogen) atoms. The van der Waals surface area contributed by atoms with Gasteiger partial charge in [-0.3, -0.25) is 0 Å². The summed E-state index contributed by atoms with van der Waals surface area (Å²) in [5, 5.41) is 15.2. The average molecular weight is 211 g/mol. The molecule has 5 nitrogen and oxygen atoms in total. The lowest BCUT2D eigenvalue weighted by Gasteiger charge is -1.98. The molecule has 2 aromatic rings. The van der Waals surface area contributed by atoms with E-state index in [1.54, 1.807) is 0 Å². The first-order chi connectivity index (χ1) is 6.66. The Morgan fingerprint density at radius 1 is 1.14 bits per heavy atom. The van der Waals surface area contributed by atoms with Gasteiger partial charge < -0.3 is 4.42 Å². The summed E-state index contributed by atoms with van der Waals surface area (Å²) in [4.78, 5) is 0. The summed E-state index contributed by atoms with van der Waals surface area (Å²) in [6, 6.07) is 1.83. The zero-order valence-corrected chi connectivity index (χ0v) is 8.41. The highest BCUT2D eigenvalue weighted by Gasteiger charge is 2.11. The Labute approximate surface area is 85.1 Å². The number of rotatable bonds is 1. The van der Waals surface area contributed by atoms with Gasteiger partial charge in [-0.05, 0) is 31.5 Å². The van der Waals surface area contributed by atoms with Crippen LogP contribution in [0, 0.1) is 13.8 Å². The second kappa shape index (κ2) is 3.34. The second-order valence-electron chi connectivity index (χ2n) is 2.84. The first kappa shape index (κ1) is 9.08. The van der Waals surface area contributed by atoms with Crippen LogP contribution in [0.2, 0.25) is 5.35 Å². The molecule has 0 aromatic carbocycles. The van der Waals surface area contributed by atoms with Crippen molar-refractivity contribution in [3.8, 4) is 11.5 Å². The van der Waals surface area contributed by atoms with Gasteiger partial charge in [0.05, 0.1) is 17.0 Å².